The molecule has 9 heteroatoms. The summed E-state index contributed by atoms with van der Waals surface area (Å²) in [5.41, 5.74) is -0.600. The first-order valence-electron chi connectivity index (χ1n) is 5.75. The molecule has 0 aliphatic heterocycles. The van der Waals surface area contributed by atoms with Crippen molar-refractivity contribution in [1.29, 1.82) is 0 Å². The summed E-state index contributed by atoms with van der Waals surface area (Å²) in [6.07, 6.45) is 0. The lowest BCUT2D eigenvalue weighted by Gasteiger charge is -2.04. The molecule has 110 valence electrons. The van der Waals surface area contributed by atoms with Gasteiger partial charge in [0.25, 0.3) is 5.91 Å². The maximum atomic E-state index is 13.7. The minimum absolute atomic E-state index is 0.0826. The molecule has 0 aliphatic rings. The average molecular weight is 357 g/mol. The zero-order chi connectivity index (χ0) is 15.7. The van der Waals surface area contributed by atoms with Crippen LogP contribution in [0.1, 0.15) is 16.2 Å². The summed E-state index contributed by atoms with van der Waals surface area (Å²) >= 11 is 3.09. The molecule has 0 radical (unpaired) electrons. The highest BCUT2D eigenvalue weighted by atomic mass is 79.9. The van der Waals surface area contributed by atoms with Gasteiger partial charge in [-0.2, -0.15) is 5.10 Å². The lowest BCUT2D eigenvalue weighted by atomic mass is 10.2. The summed E-state index contributed by atoms with van der Waals surface area (Å²) in [4.78, 5) is 22.4. The first-order valence-corrected chi connectivity index (χ1v) is 6.55. The number of rotatable bonds is 3. The van der Waals surface area contributed by atoms with Gasteiger partial charge in [0.15, 0.2) is 0 Å². The minimum Gasteiger partial charge on any atom is -0.318 e. The van der Waals surface area contributed by atoms with E-state index in [0.29, 0.717) is 4.47 Å². The minimum atomic E-state index is -0.841. The average Bonchev–Trinajstić information content (AvgIpc) is 2.69. The van der Waals surface area contributed by atoms with E-state index < -0.39 is 22.3 Å². The van der Waals surface area contributed by atoms with Crippen molar-refractivity contribution in [3.05, 3.63) is 50.0 Å². The van der Waals surface area contributed by atoms with E-state index in [0.717, 1.165) is 0 Å². The molecule has 21 heavy (non-hydrogen) atoms. The summed E-state index contributed by atoms with van der Waals surface area (Å²) < 4.78 is 15.4. The predicted octanol–water partition coefficient (Wildman–Crippen LogP) is 2.79. The fourth-order valence-electron chi connectivity index (χ4n) is 1.74. The Balaban J connectivity index is 2.37. The first-order chi connectivity index (χ1) is 9.81. The lowest BCUT2D eigenvalue weighted by Crippen LogP contribution is -2.15. The lowest BCUT2D eigenvalue weighted by molar-refractivity contribution is -0.385. The summed E-state index contributed by atoms with van der Waals surface area (Å²) in [6, 6.07) is 4.06. The number of aromatic nitrogens is 2. The van der Waals surface area contributed by atoms with Crippen LogP contribution in [0.25, 0.3) is 0 Å². The van der Waals surface area contributed by atoms with Crippen LogP contribution in [0, 0.1) is 22.9 Å². The third-order valence-corrected chi connectivity index (χ3v) is 3.37. The van der Waals surface area contributed by atoms with Gasteiger partial charge >= 0.3 is 5.69 Å². The number of aryl methyl sites for hydroxylation is 1. The third-order valence-electron chi connectivity index (χ3n) is 2.88. The summed E-state index contributed by atoms with van der Waals surface area (Å²) in [5.74, 6) is -1.50. The second-order valence-electron chi connectivity index (χ2n) is 4.24. The number of nitro groups is 1. The number of amides is 1. The Bertz CT molecular complexity index is 744. The van der Waals surface area contributed by atoms with Crippen molar-refractivity contribution in [2.24, 2.45) is 7.05 Å². The number of benzene rings is 1. The fourth-order valence-corrected chi connectivity index (χ4v) is 2.07. The van der Waals surface area contributed by atoms with Crippen LogP contribution in [-0.4, -0.2) is 20.6 Å². The smallest absolute Gasteiger partial charge is 0.318 e. The molecule has 1 heterocycles. The molecule has 0 bridgehead atoms. The topological polar surface area (TPSA) is 90.1 Å². The summed E-state index contributed by atoms with van der Waals surface area (Å²) in [6.45, 7) is 1.47. The van der Waals surface area contributed by atoms with E-state index in [1.165, 1.54) is 36.9 Å². The molecule has 2 rings (SSSR count). The van der Waals surface area contributed by atoms with Crippen LogP contribution in [0.2, 0.25) is 0 Å². The second-order valence-corrected chi connectivity index (χ2v) is 5.16. The molecule has 7 nitrogen and oxygen atoms in total. The van der Waals surface area contributed by atoms with Crippen LogP contribution in [0.3, 0.4) is 0 Å². The number of anilines is 1. The van der Waals surface area contributed by atoms with Gasteiger partial charge in [0.05, 0.1) is 10.6 Å². The molecule has 1 aromatic carbocycles. The van der Waals surface area contributed by atoms with Crippen LogP contribution in [0.5, 0.6) is 0 Å². The van der Waals surface area contributed by atoms with Crippen molar-refractivity contribution in [2.75, 3.05) is 5.32 Å². The van der Waals surface area contributed by atoms with E-state index in [2.05, 4.69) is 26.3 Å². The Labute approximate surface area is 127 Å². The van der Waals surface area contributed by atoms with E-state index >= 15 is 0 Å². The normalized spacial score (nSPS) is 10.5. The van der Waals surface area contributed by atoms with Gasteiger partial charge in [-0.15, -0.1) is 0 Å². The van der Waals surface area contributed by atoms with Crippen LogP contribution in [0.4, 0.5) is 15.8 Å². The highest BCUT2D eigenvalue weighted by Gasteiger charge is 2.29. The molecule has 0 fully saturated rings. The number of hydrogen-bond donors (Lipinski definition) is 1. The number of halogens is 2. The van der Waals surface area contributed by atoms with Crippen molar-refractivity contribution < 1.29 is 14.1 Å². The second kappa shape index (κ2) is 5.60. The molecule has 2 aromatic rings. The Hall–Kier alpha value is -2.29. The number of carbonyl (C=O) groups excluding carboxylic acids is 1. The van der Waals surface area contributed by atoms with Crippen molar-refractivity contribution in [3.8, 4) is 0 Å². The van der Waals surface area contributed by atoms with Crippen LogP contribution >= 0.6 is 15.9 Å². The maximum absolute atomic E-state index is 13.7. The molecular weight excluding hydrogens is 347 g/mol. The highest BCUT2D eigenvalue weighted by Crippen LogP contribution is 2.24. The molecule has 0 saturated carbocycles. The molecule has 0 saturated heterocycles. The zero-order valence-electron chi connectivity index (χ0n) is 11.1. The van der Waals surface area contributed by atoms with Crippen LogP contribution < -0.4 is 5.32 Å². The van der Waals surface area contributed by atoms with Gasteiger partial charge in [0.1, 0.15) is 11.5 Å². The largest absolute Gasteiger partial charge is 0.322 e. The van der Waals surface area contributed by atoms with Gasteiger partial charge in [-0.1, -0.05) is 15.9 Å². The molecule has 0 atom stereocenters. The van der Waals surface area contributed by atoms with Crippen LogP contribution in [-0.2, 0) is 7.05 Å². The van der Waals surface area contributed by atoms with E-state index in [4.69, 9.17) is 0 Å². The molecule has 1 N–H and O–H groups in total. The SMILES string of the molecule is Cc1c([N+](=O)[O-])c(C(=O)Nc2ccc(Br)cc2F)nn1C. The van der Waals surface area contributed by atoms with Gasteiger partial charge in [0, 0.05) is 11.5 Å². The highest BCUT2D eigenvalue weighted by molar-refractivity contribution is 9.10. The first kappa shape index (κ1) is 15.1. The standard InChI is InChI=1S/C12H10BrFN4O3/c1-6-11(18(20)21)10(16-17(6)2)12(19)15-9-4-3-7(13)5-8(9)14/h3-5H,1-2H3,(H,15,19). The van der Waals surface area contributed by atoms with Gasteiger partial charge in [-0.05, 0) is 25.1 Å². The summed E-state index contributed by atoms with van der Waals surface area (Å²) in [7, 11) is 1.49. The molecule has 0 aliphatic carbocycles. The van der Waals surface area contributed by atoms with Crippen molar-refractivity contribution in [1.82, 2.24) is 9.78 Å². The molecule has 1 amide bonds. The summed E-state index contributed by atoms with van der Waals surface area (Å²) in [5, 5.41) is 17.1. The van der Waals surface area contributed by atoms with Crippen molar-refractivity contribution in [3.63, 3.8) is 0 Å². The number of nitrogens with zero attached hydrogens (tertiary/aromatic N) is 3. The van der Waals surface area contributed by atoms with Gasteiger partial charge < -0.3 is 5.32 Å². The quantitative estimate of drug-likeness (QED) is 0.676. The number of hydrogen-bond acceptors (Lipinski definition) is 4. The van der Waals surface area contributed by atoms with Gasteiger partial charge in [-0.3, -0.25) is 19.6 Å². The molecule has 1 aromatic heterocycles. The maximum Gasteiger partial charge on any atom is 0.322 e. The Kier molecular flexibility index (Phi) is 4.03. The monoisotopic (exact) mass is 356 g/mol. The van der Waals surface area contributed by atoms with E-state index in [1.54, 1.807) is 0 Å². The Morgan fingerprint density at radius 3 is 2.76 bits per heavy atom. The fraction of sp³-hybridized carbons (Fsp3) is 0.167. The molecule has 0 spiro atoms. The Morgan fingerprint density at radius 2 is 2.19 bits per heavy atom. The third kappa shape index (κ3) is 2.92. The zero-order valence-corrected chi connectivity index (χ0v) is 12.6. The van der Waals surface area contributed by atoms with Crippen molar-refractivity contribution in [2.45, 2.75) is 6.92 Å². The number of carbonyl (C=O) groups is 1. The Morgan fingerprint density at radius 1 is 1.52 bits per heavy atom. The predicted molar refractivity (Wildman–Crippen MR) is 76.7 cm³/mol. The van der Waals surface area contributed by atoms with E-state index in [1.807, 2.05) is 0 Å². The van der Waals surface area contributed by atoms with E-state index in [-0.39, 0.29) is 17.1 Å². The van der Waals surface area contributed by atoms with Crippen molar-refractivity contribution >= 4 is 33.2 Å². The van der Waals surface area contributed by atoms with Gasteiger partial charge in [-0.25, -0.2) is 4.39 Å². The van der Waals surface area contributed by atoms with Gasteiger partial charge in [0.2, 0.25) is 5.69 Å². The number of nitrogens with one attached hydrogen (secondary N) is 1. The van der Waals surface area contributed by atoms with E-state index in [9.17, 15) is 19.3 Å². The van der Waals surface area contributed by atoms with Crippen LogP contribution in [0.15, 0.2) is 22.7 Å². The molecular formula is C12H10BrFN4O3. The molecule has 0 unspecified atom stereocenters.